The number of hydrogen-bond acceptors (Lipinski definition) is 5. The first kappa shape index (κ1) is 30.3. The number of carbonyl (C=O) groups excluding carboxylic acids is 3. The van der Waals surface area contributed by atoms with Crippen LogP contribution in [-0.2, 0) is 14.3 Å². The smallest absolute Gasteiger partial charge is 0.408 e. The Bertz CT molecular complexity index is 884. The summed E-state index contributed by atoms with van der Waals surface area (Å²) in [6.45, 7) is 18.8. The monoisotopic (exact) mass is 491 g/mol. The minimum absolute atomic E-state index is 0.110. The van der Waals surface area contributed by atoms with Crippen LogP contribution in [0.2, 0.25) is 0 Å². The Labute approximate surface area is 210 Å². The highest BCUT2D eigenvalue weighted by atomic mass is 16.6. The summed E-state index contributed by atoms with van der Waals surface area (Å²) >= 11 is 0. The SMILES string of the molecule is CCCCNC(=O)C(c1ccc(O)c(C)c1)N(C(=O)C(NC(=O)OC(C)(C)C)C(C)C)C(C)(C)C. The lowest BCUT2D eigenvalue weighted by Gasteiger charge is -2.43. The van der Waals surface area contributed by atoms with Crippen molar-refractivity contribution in [2.75, 3.05) is 6.54 Å². The van der Waals surface area contributed by atoms with Crippen molar-refractivity contribution in [1.82, 2.24) is 15.5 Å². The Morgan fingerprint density at radius 3 is 2.14 bits per heavy atom. The number of rotatable bonds is 9. The molecule has 3 N–H and O–H groups in total. The minimum Gasteiger partial charge on any atom is -0.508 e. The lowest BCUT2D eigenvalue weighted by Crippen LogP contribution is -2.59. The maximum Gasteiger partial charge on any atom is 0.408 e. The molecule has 0 bridgehead atoms. The van der Waals surface area contributed by atoms with E-state index in [-0.39, 0.29) is 23.5 Å². The van der Waals surface area contributed by atoms with Gasteiger partial charge in [0, 0.05) is 12.1 Å². The maximum absolute atomic E-state index is 14.1. The Balaban J connectivity index is 3.54. The first-order valence-corrected chi connectivity index (χ1v) is 12.4. The highest BCUT2D eigenvalue weighted by molar-refractivity contribution is 5.92. The zero-order valence-corrected chi connectivity index (χ0v) is 23.1. The van der Waals surface area contributed by atoms with Crippen molar-refractivity contribution in [2.24, 2.45) is 5.92 Å². The van der Waals surface area contributed by atoms with Gasteiger partial charge in [-0.2, -0.15) is 0 Å². The number of carbonyl (C=O) groups is 3. The third-order valence-electron chi connectivity index (χ3n) is 5.44. The molecule has 2 unspecified atom stereocenters. The van der Waals surface area contributed by atoms with Gasteiger partial charge < -0.3 is 25.4 Å². The van der Waals surface area contributed by atoms with Crippen LogP contribution in [0.15, 0.2) is 18.2 Å². The Morgan fingerprint density at radius 2 is 1.69 bits per heavy atom. The molecule has 198 valence electrons. The average Bonchev–Trinajstić information content (AvgIpc) is 2.69. The molecule has 0 spiro atoms. The van der Waals surface area contributed by atoms with Crippen LogP contribution >= 0.6 is 0 Å². The molecule has 0 aliphatic carbocycles. The topological polar surface area (TPSA) is 108 Å². The number of alkyl carbamates (subject to hydrolysis) is 1. The van der Waals surface area contributed by atoms with Gasteiger partial charge in [0.15, 0.2) is 0 Å². The number of benzene rings is 1. The number of nitrogens with one attached hydrogen (secondary N) is 2. The summed E-state index contributed by atoms with van der Waals surface area (Å²) in [7, 11) is 0. The molecular weight excluding hydrogens is 446 g/mol. The fourth-order valence-corrected chi connectivity index (χ4v) is 3.69. The molecule has 0 saturated heterocycles. The van der Waals surface area contributed by atoms with Gasteiger partial charge in [0.1, 0.15) is 23.4 Å². The summed E-state index contributed by atoms with van der Waals surface area (Å²) in [5.41, 5.74) is -0.304. The van der Waals surface area contributed by atoms with Gasteiger partial charge in [-0.15, -0.1) is 0 Å². The molecule has 0 aromatic heterocycles. The fourth-order valence-electron chi connectivity index (χ4n) is 3.69. The molecule has 0 saturated carbocycles. The molecule has 0 heterocycles. The van der Waals surface area contributed by atoms with E-state index in [0.717, 1.165) is 12.8 Å². The molecular formula is C27H45N3O5. The van der Waals surface area contributed by atoms with Crippen molar-refractivity contribution in [1.29, 1.82) is 0 Å². The third kappa shape index (κ3) is 9.07. The van der Waals surface area contributed by atoms with Crippen LogP contribution in [0, 0.1) is 12.8 Å². The predicted octanol–water partition coefficient (Wildman–Crippen LogP) is 4.83. The number of ether oxygens (including phenoxy) is 1. The molecule has 8 heteroatoms. The van der Waals surface area contributed by atoms with E-state index < -0.39 is 29.3 Å². The Hall–Kier alpha value is -2.77. The van der Waals surface area contributed by atoms with E-state index >= 15 is 0 Å². The van der Waals surface area contributed by atoms with E-state index in [1.54, 1.807) is 39.8 Å². The first-order valence-electron chi connectivity index (χ1n) is 12.4. The van der Waals surface area contributed by atoms with Crippen LogP contribution in [-0.4, -0.2) is 51.6 Å². The van der Waals surface area contributed by atoms with Crippen LogP contribution < -0.4 is 10.6 Å². The quantitative estimate of drug-likeness (QED) is 0.429. The van der Waals surface area contributed by atoms with Crippen LogP contribution in [0.4, 0.5) is 4.79 Å². The number of phenols is 1. The van der Waals surface area contributed by atoms with E-state index in [4.69, 9.17) is 4.74 Å². The van der Waals surface area contributed by atoms with Crippen molar-refractivity contribution < 1.29 is 24.2 Å². The molecule has 0 fully saturated rings. The number of phenolic OH excluding ortho intramolecular Hbond substituents is 1. The average molecular weight is 492 g/mol. The van der Waals surface area contributed by atoms with Crippen molar-refractivity contribution in [3.63, 3.8) is 0 Å². The second kappa shape index (κ2) is 12.3. The van der Waals surface area contributed by atoms with Crippen LogP contribution in [0.3, 0.4) is 0 Å². The zero-order valence-electron chi connectivity index (χ0n) is 23.1. The Morgan fingerprint density at radius 1 is 1.09 bits per heavy atom. The van der Waals surface area contributed by atoms with Gasteiger partial charge >= 0.3 is 6.09 Å². The summed E-state index contributed by atoms with van der Waals surface area (Å²) in [5, 5.41) is 15.7. The van der Waals surface area contributed by atoms with Gasteiger partial charge in [-0.05, 0) is 84.1 Å². The number of amides is 3. The standard InChI is InChI=1S/C27H45N3O5/c1-11-12-15-28-23(32)22(19-13-14-20(31)18(4)16-19)30(26(5,6)7)24(33)21(17(2)3)29-25(34)35-27(8,9)10/h13-14,16-17,21-22,31H,11-12,15H2,1-10H3,(H,28,32)(H,29,34). The zero-order chi connectivity index (χ0) is 27.1. The van der Waals surface area contributed by atoms with E-state index in [1.165, 1.54) is 11.0 Å². The van der Waals surface area contributed by atoms with Crippen LogP contribution in [0.5, 0.6) is 5.75 Å². The summed E-state index contributed by atoms with van der Waals surface area (Å²) in [4.78, 5) is 41.7. The molecule has 35 heavy (non-hydrogen) atoms. The van der Waals surface area contributed by atoms with Gasteiger partial charge in [0.2, 0.25) is 11.8 Å². The summed E-state index contributed by atoms with van der Waals surface area (Å²) in [6, 6.07) is 3.04. The molecule has 1 aromatic carbocycles. The van der Waals surface area contributed by atoms with Crippen LogP contribution in [0.25, 0.3) is 0 Å². The molecule has 0 aliphatic rings. The lowest BCUT2D eigenvalue weighted by molar-refractivity contribution is -0.149. The van der Waals surface area contributed by atoms with Crippen molar-refractivity contribution >= 4 is 17.9 Å². The molecule has 8 nitrogen and oxygen atoms in total. The van der Waals surface area contributed by atoms with E-state index in [2.05, 4.69) is 10.6 Å². The predicted molar refractivity (Wildman–Crippen MR) is 138 cm³/mol. The molecule has 3 amide bonds. The van der Waals surface area contributed by atoms with Gasteiger partial charge in [-0.3, -0.25) is 9.59 Å². The van der Waals surface area contributed by atoms with Crippen molar-refractivity contribution in [2.45, 2.75) is 105 Å². The fraction of sp³-hybridized carbons (Fsp3) is 0.667. The third-order valence-corrected chi connectivity index (χ3v) is 5.44. The number of aromatic hydroxyl groups is 1. The number of aryl methyl sites for hydroxylation is 1. The van der Waals surface area contributed by atoms with E-state index in [1.807, 2.05) is 41.5 Å². The minimum atomic E-state index is -0.958. The highest BCUT2D eigenvalue weighted by Gasteiger charge is 2.42. The van der Waals surface area contributed by atoms with Gasteiger partial charge in [-0.1, -0.05) is 33.3 Å². The summed E-state index contributed by atoms with van der Waals surface area (Å²) in [5.74, 6) is -0.851. The second-order valence-corrected chi connectivity index (χ2v) is 11.3. The molecule has 0 aliphatic heterocycles. The molecule has 2 atom stereocenters. The number of nitrogens with zero attached hydrogens (tertiary/aromatic N) is 1. The lowest BCUT2D eigenvalue weighted by atomic mass is 9.92. The molecule has 0 radical (unpaired) electrons. The van der Waals surface area contributed by atoms with Crippen molar-refractivity contribution in [3.05, 3.63) is 29.3 Å². The summed E-state index contributed by atoms with van der Waals surface area (Å²) in [6.07, 6.45) is 1.04. The second-order valence-electron chi connectivity index (χ2n) is 11.3. The molecule has 1 rings (SSSR count). The largest absolute Gasteiger partial charge is 0.508 e. The molecule has 1 aromatic rings. The summed E-state index contributed by atoms with van der Waals surface area (Å²) < 4.78 is 5.39. The number of unbranched alkanes of at least 4 members (excludes halogenated alkanes) is 1. The van der Waals surface area contributed by atoms with E-state index in [0.29, 0.717) is 17.7 Å². The van der Waals surface area contributed by atoms with Crippen molar-refractivity contribution in [3.8, 4) is 5.75 Å². The first-order chi connectivity index (χ1) is 16.0. The maximum atomic E-state index is 14.1. The van der Waals surface area contributed by atoms with Gasteiger partial charge in [0.25, 0.3) is 0 Å². The Kier molecular flexibility index (Phi) is 10.6. The van der Waals surface area contributed by atoms with Gasteiger partial charge in [-0.25, -0.2) is 4.79 Å². The van der Waals surface area contributed by atoms with Crippen LogP contribution in [0.1, 0.15) is 92.3 Å². The normalized spacial score (nSPS) is 13.7. The van der Waals surface area contributed by atoms with Gasteiger partial charge in [0.05, 0.1) is 0 Å². The highest BCUT2D eigenvalue weighted by Crippen LogP contribution is 2.32. The number of hydrogen-bond donors (Lipinski definition) is 3. The van der Waals surface area contributed by atoms with E-state index in [9.17, 15) is 19.5 Å².